The number of thiazole rings is 1. The molecular formula is C14H23N3OS. The molecule has 0 unspecified atom stereocenters. The monoisotopic (exact) mass is 281 g/mol. The molecule has 5 heteroatoms. The zero-order valence-corrected chi connectivity index (χ0v) is 12.7. The zero-order valence-electron chi connectivity index (χ0n) is 11.9. The first kappa shape index (κ1) is 14.5. The van der Waals surface area contributed by atoms with Crippen LogP contribution in [-0.2, 0) is 11.3 Å². The number of carbonyl (C=O) groups is 1. The number of rotatable bonds is 5. The molecule has 1 N–H and O–H groups in total. The Hall–Kier alpha value is -0.940. The molecule has 0 bridgehead atoms. The van der Waals surface area contributed by atoms with Crippen LogP contribution in [0.15, 0.2) is 0 Å². The van der Waals surface area contributed by atoms with Crippen molar-refractivity contribution in [2.75, 3.05) is 19.6 Å². The number of nitrogens with zero attached hydrogens (tertiary/aromatic N) is 2. The number of aromatic nitrogens is 1. The van der Waals surface area contributed by atoms with Crippen LogP contribution in [0.25, 0.3) is 0 Å². The third-order valence-corrected chi connectivity index (χ3v) is 4.58. The van der Waals surface area contributed by atoms with Gasteiger partial charge in [0.05, 0.1) is 10.7 Å². The average Bonchev–Trinajstić information content (AvgIpc) is 2.74. The summed E-state index contributed by atoms with van der Waals surface area (Å²) in [4.78, 5) is 19.6. The van der Waals surface area contributed by atoms with E-state index in [0.29, 0.717) is 12.3 Å². The summed E-state index contributed by atoms with van der Waals surface area (Å²) in [6.07, 6.45) is 4.21. The molecule has 1 aromatic rings. The molecular weight excluding hydrogens is 258 g/mol. The Labute approximate surface area is 119 Å². The predicted molar refractivity (Wildman–Crippen MR) is 78.3 cm³/mol. The number of carbonyl (C=O) groups excluding carboxylic acids is 1. The van der Waals surface area contributed by atoms with Crippen molar-refractivity contribution in [1.82, 2.24) is 15.2 Å². The molecule has 0 atom stereocenters. The topological polar surface area (TPSA) is 45.2 Å². The molecule has 1 aromatic heterocycles. The third kappa shape index (κ3) is 4.28. The number of amides is 1. The molecule has 4 nitrogen and oxygen atoms in total. The van der Waals surface area contributed by atoms with Crippen molar-refractivity contribution in [2.24, 2.45) is 0 Å². The average molecular weight is 281 g/mol. The molecule has 1 fully saturated rings. The maximum Gasteiger partial charge on any atom is 0.223 e. The molecule has 1 saturated heterocycles. The second kappa shape index (κ2) is 7.01. The molecule has 0 aromatic carbocycles. The number of piperidine rings is 1. The van der Waals surface area contributed by atoms with E-state index in [1.807, 2.05) is 18.7 Å². The molecule has 2 rings (SSSR count). The van der Waals surface area contributed by atoms with Gasteiger partial charge >= 0.3 is 0 Å². The van der Waals surface area contributed by atoms with Crippen molar-refractivity contribution >= 4 is 17.2 Å². The van der Waals surface area contributed by atoms with E-state index in [0.717, 1.165) is 36.9 Å². The number of aryl methyl sites for hydroxylation is 2. The van der Waals surface area contributed by atoms with Gasteiger partial charge in [0.2, 0.25) is 5.91 Å². The van der Waals surface area contributed by atoms with Crippen LogP contribution >= 0.6 is 11.3 Å². The Kier molecular flexibility index (Phi) is 5.34. The van der Waals surface area contributed by atoms with Crippen LogP contribution in [0.2, 0.25) is 0 Å². The Morgan fingerprint density at radius 1 is 1.32 bits per heavy atom. The number of hydrogen-bond acceptors (Lipinski definition) is 4. The number of hydrogen-bond donors (Lipinski definition) is 1. The second-order valence-corrected chi connectivity index (χ2v) is 6.40. The van der Waals surface area contributed by atoms with Gasteiger partial charge in [-0.05, 0) is 33.1 Å². The summed E-state index contributed by atoms with van der Waals surface area (Å²) >= 11 is 1.73. The van der Waals surface area contributed by atoms with Gasteiger partial charge in [0.15, 0.2) is 0 Å². The van der Waals surface area contributed by atoms with Gasteiger partial charge in [0, 0.05) is 37.5 Å². The Morgan fingerprint density at radius 2 is 2.05 bits per heavy atom. The van der Waals surface area contributed by atoms with E-state index in [4.69, 9.17) is 0 Å². The van der Waals surface area contributed by atoms with Gasteiger partial charge in [-0.25, -0.2) is 4.98 Å². The molecule has 0 radical (unpaired) electrons. The normalized spacial score (nSPS) is 15.8. The van der Waals surface area contributed by atoms with Crippen LogP contribution in [0.1, 0.15) is 41.3 Å². The van der Waals surface area contributed by atoms with Crippen molar-refractivity contribution in [3.05, 3.63) is 15.6 Å². The number of likely N-dealkylation sites (tertiary alicyclic amines) is 1. The van der Waals surface area contributed by atoms with Gasteiger partial charge < -0.3 is 10.2 Å². The Morgan fingerprint density at radius 3 is 2.68 bits per heavy atom. The lowest BCUT2D eigenvalue weighted by Crippen LogP contribution is -2.37. The summed E-state index contributed by atoms with van der Waals surface area (Å²) in [6.45, 7) is 7.55. The molecule has 106 valence electrons. The standard InChI is InChI=1S/C14H23N3OS/c1-11-13(19-12(2)16-11)10-15-7-6-14(18)17-8-4-3-5-9-17/h15H,3-10H2,1-2H3. The Balaban J connectivity index is 1.66. The van der Waals surface area contributed by atoms with E-state index in [9.17, 15) is 4.79 Å². The van der Waals surface area contributed by atoms with Crippen LogP contribution in [0.3, 0.4) is 0 Å². The van der Waals surface area contributed by atoms with Crippen molar-refractivity contribution in [1.29, 1.82) is 0 Å². The fourth-order valence-electron chi connectivity index (χ4n) is 2.44. The van der Waals surface area contributed by atoms with Gasteiger partial charge in [-0.15, -0.1) is 11.3 Å². The van der Waals surface area contributed by atoms with Crippen molar-refractivity contribution in [3.8, 4) is 0 Å². The van der Waals surface area contributed by atoms with Crippen LogP contribution in [0.4, 0.5) is 0 Å². The SMILES string of the molecule is Cc1nc(C)c(CNCCC(=O)N2CCCCC2)s1. The fourth-order valence-corrected chi connectivity index (χ4v) is 3.34. The smallest absolute Gasteiger partial charge is 0.223 e. The highest BCUT2D eigenvalue weighted by molar-refractivity contribution is 7.11. The van der Waals surface area contributed by atoms with Crippen LogP contribution in [-0.4, -0.2) is 35.4 Å². The number of nitrogens with one attached hydrogen (secondary N) is 1. The molecule has 0 spiro atoms. The molecule has 2 heterocycles. The lowest BCUT2D eigenvalue weighted by molar-refractivity contribution is -0.131. The zero-order chi connectivity index (χ0) is 13.7. The summed E-state index contributed by atoms with van der Waals surface area (Å²) in [5.74, 6) is 0.296. The highest BCUT2D eigenvalue weighted by atomic mass is 32.1. The lowest BCUT2D eigenvalue weighted by Gasteiger charge is -2.26. The van der Waals surface area contributed by atoms with Gasteiger partial charge in [-0.2, -0.15) is 0 Å². The van der Waals surface area contributed by atoms with E-state index < -0.39 is 0 Å². The second-order valence-electron chi connectivity index (χ2n) is 5.11. The quantitative estimate of drug-likeness (QED) is 0.842. The summed E-state index contributed by atoms with van der Waals surface area (Å²) < 4.78 is 0. The van der Waals surface area contributed by atoms with E-state index in [2.05, 4.69) is 10.3 Å². The highest BCUT2D eigenvalue weighted by Gasteiger charge is 2.15. The molecule has 1 amide bonds. The fraction of sp³-hybridized carbons (Fsp3) is 0.714. The summed E-state index contributed by atoms with van der Waals surface area (Å²) in [5.41, 5.74) is 1.11. The largest absolute Gasteiger partial charge is 0.343 e. The highest BCUT2D eigenvalue weighted by Crippen LogP contribution is 2.16. The molecule has 0 saturated carbocycles. The first-order valence-electron chi connectivity index (χ1n) is 7.08. The van der Waals surface area contributed by atoms with Gasteiger partial charge in [-0.3, -0.25) is 4.79 Å². The molecule has 19 heavy (non-hydrogen) atoms. The Bertz CT molecular complexity index is 424. The summed E-state index contributed by atoms with van der Waals surface area (Å²) in [5, 5.41) is 4.46. The predicted octanol–water partition coefficient (Wildman–Crippen LogP) is 2.25. The van der Waals surface area contributed by atoms with Gasteiger partial charge in [0.25, 0.3) is 0 Å². The van der Waals surface area contributed by atoms with Crippen LogP contribution in [0, 0.1) is 13.8 Å². The van der Waals surface area contributed by atoms with Crippen molar-refractivity contribution in [2.45, 2.75) is 46.1 Å². The molecule has 1 aliphatic rings. The summed E-state index contributed by atoms with van der Waals surface area (Å²) in [6, 6.07) is 0. The van der Waals surface area contributed by atoms with E-state index in [1.54, 1.807) is 11.3 Å². The molecule has 0 aliphatic carbocycles. The maximum atomic E-state index is 12.0. The lowest BCUT2D eigenvalue weighted by atomic mass is 10.1. The van der Waals surface area contributed by atoms with Gasteiger partial charge in [0.1, 0.15) is 0 Å². The van der Waals surface area contributed by atoms with Crippen LogP contribution < -0.4 is 5.32 Å². The maximum absolute atomic E-state index is 12.0. The first-order valence-corrected chi connectivity index (χ1v) is 7.90. The third-order valence-electron chi connectivity index (χ3n) is 3.51. The minimum atomic E-state index is 0.296. The van der Waals surface area contributed by atoms with Crippen molar-refractivity contribution in [3.63, 3.8) is 0 Å². The van der Waals surface area contributed by atoms with Crippen molar-refractivity contribution < 1.29 is 4.79 Å². The summed E-state index contributed by atoms with van der Waals surface area (Å²) in [7, 11) is 0. The first-order chi connectivity index (χ1) is 9.16. The van der Waals surface area contributed by atoms with E-state index in [-0.39, 0.29) is 0 Å². The van der Waals surface area contributed by atoms with Gasteiger partial charge in [-0.1, -0.05) is 0 Å². The minimum absolute atomic E-state index is 0.296. The minimum Gasteiger partial charge on any atom is -0.343 e. The van der Waals surface area contributed by atoms with E-state index >= 15 is 0 Å². The van der Waals surface area contributed by atoms with E-state index in [1.165, 1.54) is 24.1 Å². The van der Waals surface area contributed by atoms with Crippen LogP contribution in [0.5, 0.6) is 0 Å². The molecule has 1 aliphatic heterocycles.